The fraction of sp³-hybridized carbons (Fsp3) is 0.556. The van der Waals surface area contributed by atoms with Crippen LogP contribution in [0.15, 0.2) is 24.3 Å². The van der Waals surface area contributed by atoms with E-state index >= 15 is 0 Å². The fourth-order valence-corrected chi connectivity index (χ4v) is 2.72. The quantitative estimate of drug-likeness (QED) is 0.897. The molecular weight excluding hydrogens is 306 g/mol. The van der Waals surface area contributed by atoms with Crippen molar-refractivity contribution in [2.45, 2.75) is 39.3 Å². The lowest BCUT2D eigenvalue weighted by Gasteiger charge is -2.38. The molecule has 0 aliphatic carbocycles. The number of ether oxygens (including phenoxy) is 1. The number of nitrogens with zero attached hydrogens (tertiary/aromatic N) is 2. The fourth-order valence-electron chi connectivity index (χ4n) is 2.72. The molecule has 0 bridgehead atoms. The van der Waals surface area contributed by atoms with Crippen LogP contribution in [-0.4, -0.2) is 59.4 Å². The Bertz CT molecular complexity index is 602. The third-order valence-electron chi connectivity index (χ3n) is 4.17. The summed E-state index contributed by atoms with van der Waals surface area (Å²) < 4.78 is 5.80. The van der Waals surface area contributed by atoms with E-state index < -0.39 is 11.6 Å². The predicted molar refractivity (Wildman–Crippen MR) is 92.7 cm³/mol. The van der Waals surface area contributed by atoms with Gasteiger partial charge in [0, 0.05) is 26.2 Å². The molecule has 24 heavy (non-hydrogen) atoms. The summed E-state index contributed by atoms with van der Waals surface area (Å²) in [5.74, 6) is 0.577. The molecule has 6 heteroatoms. The second kappa shape index (κ2) is 7.21. The maximum Gasteiger partial charge on any atom is 0.263 e. The summed E-state index contributed by atoms with van der Waals surface area (Å²) in [6, 6.07) is 7.63. The number of carbonyl (C=O) groups is 2. The highest BCUT2D eigenvalue weighted by Gasteiger charge is 2.32. The minimum atomic E-state index is -0.882. The Balaban J connectivity index is 1.90. The van der Waals surface area contributed by atoms with Crippen LogP contribution in [0.5, 0.6) is 5.75 Å². The number of piperazine rings is 1. The Morgan fingerprint density at radius 2 is 1.67 bits per heavy atom. The van der Waals surface area contributed by atoms with Crippen LogP contribution in [0.3, 0.4) is 0 Å². The Labute approximate surface area is 143 Å². The molecular formula is C18H27N3O3. The molecule has 0 saturated carbocycles. The summed E-state index contributed by atoms with van der Waals surface area (Å²) in [6.07, 6.45) is -0.556. The molecule has 2 amide bonds. The van der Waals surface area contributed by atoms with Crippen LogP contribution in [0.2, 0.25) is 0 Å². The first-order valence-electron chi connectivity index (χ1n) is 8.29. The zero-order valence-electron chi connectivity index (χ0n) is 14.9. The van der Waals surface area contributed by atoms with Gasteiger partial charge < -0.3 is 20.3 Å². The Morgan fingerprint density at radius 3 is 2.21 bits per heavy atom. The number of aryl methyl sites for hydroxylation is 1. The zero-order valence-corrected chi connectivity index (χ0v) is 14.9. The van der Waals surface area contributed by atoms with Crippen molar-refractivity contribution in [2.75, 3.05) is 26.2 Å². The first-order valence-corrected chi connectivity index (χ1v) is 8.29. The van der Waals surface area contributed by atoms with E-state index in [9.17, 15) is 9.59 Å². The maximum atomic E-state index is 12.6. The molecule has 1 aromatic carbocycles. The molecule has 132 valence electrons. The van der Waals surface area contributed by atoms with Crippen LogP contribution in [0.1, 0.15) is 26.3 Å². The molecule has 1 saturated heterocycles. The van der Waals surface area contributed by atoms with Gasteiger partial charge in [0.15, 0.2) is 6.10 Å². The molecule has 1 heterocycles. The summed E-state index contributed by atoms with van der Waals surface area (Å²) in [5, 5.41) is 0. The van der Waals surface area contributed by atoms with Crippen LogP contribution in [0, 0.1) is 6.92 Å². The minimum absolute atomic E-state index is 0.0580. The number of rotatable bonds is 4. The van der Waals surface area contributed by atoms with Crippen molar-refractivity contribution in [3.63, 3.8) is 0 Å². The van der Waals surface area contributed by atoms with E-state index in [1.54, 1.807) is 30.6 Å². The highest BCUT2D eigenvalue weighted by Crippen LogP contribution is 2.19. The van der Waals surface area contributed by atoms with Crippen molar-refractivity contribution >= 4 is 11.8 Å². The molecule has 0 spiro atoms. The SMILES string of the molecule is Cc1ccccc1OC(C)C(=O)N1CCN(C(=O)C(C)(C)N)CC1. The van der Waals surface area contributed by atoms with Crippen LogP contribution < -0.4 is 10.5 Å². The zero-order chi connectivity index (χ0) is 17.9. The van der Waals surface area contributed by atoms with E-state index in [2.05, 4.69) is 0 Å². The minimum Gasteiger partial charge on any atom is -0.481 e. The van der Waals surface area contributed by atoms with Crippen LogP contribution >= 0.6 is 0 Å². The van der Waals surface area contributed by atoms with Crippen molar-refractivity contribution in [1.29, 1.82) is 0 Å². The van der Waals surface area contributed by atoms with Gasteiger partial charge in [-0.3, -0.25) is 9.59 Å². The molecule has 0 aromatic heterocycles. The van der Waals surface area contributed by atoms with Gasteiger partial charge in [0.2, 0.25) is 5.91 Å². The monoisotopic (exact) mass is 333 g/mol. The van der Waals surface area contributed by atoms with Gasteiger partial charge in [-0.1, -0.05) is 18.2 Å². The summed E-state index contributed by atoms with van der Waals surface area (Å²) in [5.41, 5.74) is 5.98. The highest BCUT2D eigenvalue weighted by atomic mass is 16.5. The largest absolute Gasteiger partial charge is 0.481 e. The van der Waals surface area contributed by atoms with E-state index in [1.165, 1.54) is 0 Å². The summed E-state index contributed by atoms with van der Waals surface area (Å²) in [6.45, 7) is 9.12. The van der Waals surface area contributed by atoms with E-state index in [0.29, 0.717) is 26.2 Å². The number of amides is 2. The number of carbonyl (C=O) groups excluding carboxylic acids is 2. The molecule has 1 aromatic rings. The van der Waals surface area contributed by atoms with Crippen molar-refractivity contribution in [1.82, 2.24) is 9.80 Å². The number of para-hydroxylation sites is 1. The third-order valence-corrected chi connectivity index (χ3v) is 4.17. The molecule has 1 atom stereocenters. The number of nitrogens with two attached hydrogens (primary N) is 1. The van der Waals surface area contributed by atoms with Crippen LogP contribution in [0.25, 0.3) is 0 Å². The summed E-state index contributed by atoms with van der Waals surface area (Å²) in [4.78, 5) is 28.2. The molecule has 2 N–H and O–H groups in total. The maximum absolute atomic E-state index is 12.6. The van der Waals surface area contributed by atoms with Gasteiger partial charge >= 0.3 is 0 Å². The predicted octanol–water partition coefficient (Wildman–Crippen LogP) is 1.17. The number of benzene rings is 1. The van der Waals surface area contributed by atoms with E-state index in [-0.39, 0.29) is 11.8 Å². The molecule has 1 unspecified atom stereocenters. The van der Waals surface area contributed by atoms with Crippen molar-refractivity contribution in [3.05, 3.63) is 29.8 Å². The number of hydrogen-bond donors (Lipinski definition) is 1. The molecule has 6 nitrogen and oxygen atoms in total. The second-order valence-corrected chi connectivity index (χ2v) is 6.86. The molecule has 0 radical (unpaired) electrons. The number of hydrogen-bond acceptors (Lipinski definition) is 4. The Kier molecular flexibility index (Phi) is 5.49. The Morgan fingerprint density at radius 1 is 1.12 bits per heavy atom. The van der Waals surface area contributed by atoms with Crippen molar-refractivity contribution < 1.29 is 14.3 Å². The lowest BCUT2D eigenvalue weighted by Crippen LogP contribution is -2.58. The average molecular weight is 333 g/mol. The lowest BCUT2D eigenvalue weighted by molar-refractivity contribution is -0.145. The normalized spacial score (nSPS) is 16.7. The summed E-state index contributed by atoms with van der Waals surface area (Å²) in [7, 11) is 0. The average Bonchev–Trinajstić information content (AvgIpc) is 2.55. The molecule has 1 aliphatic heterocycles. The van der Waals surface area contributed by atoms with Gasteiger partial charge in [-0.15, -0.1) is 0 Å². The van der Waals surface area contributed by atoms with Crippen molar-refractivity contribution in [2.24, 2.45) is 5.73 Å². The molecule has 1 fully saturated rings. The van der Waals surface area contributed by atoms with Gasteiger partial charge in [-0.25, -0.2) is 0 Å². The first-order chi connectivity index (χ1) is 11.2. The topological polar surface area (TPSA) is 75.9 Å². The Hall–Kier alpha value is -2.08. The second-order valence-electron chi connectivity index (χ2n) is 6.86. The first kappa shape index (κ1) is 18.3. The standard InChI is InChI=1S/C18H27N3O3/c1-13-7-5-6-8-15(13)24-14(2)16(22)20-9-11-21(12-10-20)17(23)18(3,4)19/h5-8,14H,9-12,19H2,1-4H3. The third kappa shape index (κ3) is 4.26. The smallest absolute Gasteiger partial charge is 0.263 e. The van der Waals surface area contributed by atoms with Gasteiger partial charge in [0.1, 0.15) is 5.75 Å². The highest BCUT2D eigenvalue weighted by molar-refractivity contribution is 5.86. The van der Waals surface area contributed by atoms with Gasteiger partial charge in [0.05, 0.1) is 5.54 Å². The van der Waals surface area contributed by atoms with Crippen LogP contribution in [0.4, 0.5) is 0 Å². The van der Waals surface area contributed by atoms with Gasteiger partial charge in [-0.2, -0.15) is 0 Å². The van der Waals surface area contributed by atoms with Crippen molar-refractivity contribution in [3.8, 4) is 5.75 Å². The van der Waals surface area contributed by atoms with Gasteiger partial charge in [-0.05, 0) is 39.3 Å². The van der Waals surface area contributed by atoms with E-state index in [4.69, 9.17) is 10.5 Å². The van der Waals surface area contributed by atoms with Gasteiger partial charge in [0.25, 0.3) is 5.91 Å². The molecule has 1 aliphatic rings. The van der Waals surface area contributed by atoms with E-state index in [0.717, 1.165) is 11.3 Å². The lowest BCUT2D eigenvalue weighted by atomic mass is 10.0. The van der Waals surface area contributed by atoms with Crippen LogP contribution in [-0.2, 0) is 9.59 Å². The van der Waals surface area contributed by atoms with E-state index in [1.807, 2.05) is 31.2 Å². The summed E-state index contributed by atoms with van der Waals surface area (Å²) >= 11 is 0. The molecule has 2 rings (SSSR count).